The molecule has 0 heterocycles. The van der Waals surface area contributed by atoms with E-state index in [-0.39, 0.29) is 28.5 Å². The number of carbonyl (C=O) groups is 2. The molecule has 0 saturated heterocycles. The van der Waals surface area contributed by atoms with Gasteiger partial charge in [-0.3, -0.25) is 4.79 Å². The minimum atomic E-state index is -6.15. The van der Waals surface area contributed by atoms with Crippen LogP contribution in [0, 0.1) is 6.92 Å². The molecule has 2 aromatic carbocycles. The minimum Gasteiger partial charge on any atom is -0.464 e. The summed E-state index contributed by atoms with van der Waals surface area (Å²) in [6.45, 7) is 7.40. The van der Waals surface area contributed by atoms with E-state index in [0.717, 1.165) is 0 Å². The van der Waals surface area contributed by atoms with Crippen LogP contribution < -0.4 is 9.92 Å². The average molecular weight is 491 g/mol. The summed E-state index contributed by atoms with van der Waals surface area (Å²) in [6, 6.07) is 5.47. The summed E-state index contributed by atoms with van der Waals surface area (Å²) < 4.78 is 78.8. The van der Waals surface area contributed by atoms with E-state index in [1.165, 1.54) is 38.1 Å². The molecule has 2 aromatic rings. The van der Waals surface area contributed by atoms with Crippen molar-refractivity contribution in [3.8, 4) is 5.75 Å². The molecule has 0 aromatic heterocycles. The summed E-state index contributed by atoms with van der Waals surface area (Å²) in [4.78, 5) is 25.1. The zero-order chi connectivity index (χ0) is 25.4. The standard InChI is InChI=1S/C21H24F3NO7S/c1-6-30-19(27)17(31-20(3,4)5)15-11(2)14(18(25)26)12-9-7-8-10-13(12)16(15)32-33(28,29)21(22,23)24/h7-10,17H,6H2,1-5H3,(H2,25,26). The number of amides is 1. The topological polar surface area (TPSA) is 122 Å². The normalized spacial score (nSPS) is 13.6. The van der Waals surface area contributed by atoms with Crippen LogP contribution in [-0.4, -0.2) is 38.0 Å². The highest BCUT2D eigenvalue weighted by atomic mass is 32.2. The van der Waals surface area contributed by atoms with Crippen LogP contribution in [0.15, 0.2) is 24.3 Å². The number of nitrogens with two attached hydrogens (primary N) is 1. The molecule has 1 amide bonds. The number of hydrogen-bond donors (Lipinski definition) is 1. The molecule has 0 bridgehead atoms. The van der Waals surface area contributed by atoms with Gasteiger partial charge in [0.2, 0.25) is 5.91 Å². The molecule has 0 radical (unpaired) electrons. The predicted octanol–water partition coefficient (Wildman–Crippen LogP) is 3.89. The largest absolute Gasteiger partial charge is 0.534 e. The van der Waals surface area contributed by atoms with Crippen LogP contribution in [0.1, 0.15) is 55.3 Å². The van der Waals surface area contributed by atoms with Gasteiger partial charge in [-0.05, 0) is 45.6 Å². The molecule has 0 spiro atoms. The van der Waals surface area contributed by atoms with Gasteiger partial charge < -0.3 is 19.4 Å². The Labute approximate surface area is 188 Å². The van der Waals surface area contributed by atoms with E-state index in [9.17, 15) is 31.2 Å². The van der Waals surface area contributed by atoms with Crippen LogP contribution >= 0.6 is 0 Å². The number of hydrogen-bond acceptors (Lipinski definition) is 7. The highest BCUT2D eigenvalue weighted by Gasteiger charge is 2.50. The van der Waals surface area contributed by atoms with Crippen molar-refractivity contribution in [1.82, 2.24) is 0 Å². The van der Waals surface area contributed by atoms with Gasteiger partial charge in [-0.15, -0.1) is 0 Å². The van der Waals surface area contributed by atoms with Crippen LogP contribution in [0.5, 0.6) is 5.75 Å². The summed E-state index contributed by atoms with van der Waals surface area (Å²) in [5.74, 6) is -2.78. The Bertz CT molecular complexity index is 1190. The lowest BCUT2D eigenvalue weighted by Crippen LogP contribution is -2.32. The number of ether oxygens (including phenoxy) is 2. The molecule has 1 atom stereocenters. The molecule has 12 heteroatoms. The summed E-state index contributed by atoms with van der Waals surface area (Å²) in [6.07, 6.45) is -1.73. The first-order valence-electron chi connectivity index (χ1n) is 9.72. The van der Waals surface area contributed by atoms with Crippen LogP contribution in [0.2, 0.25) is 0 Å². The van der Waals surface area contributed by atoms with Gasteiger partial charge >= 0.3 is 21.6 Å². The van der Waals surface area contributed by atoms with Crippen LogP contribution in [0.25, 0.3) is 10.8 Å². The lowest BCUT2D eigenvalue weighted by atomic mass is 9.90. The van der Waals surface area contributed by atoms with E-state index in [1.54, 1.807) is 20.8 Å². The summed E-state index contributed by atoms with van der Waals surface area (Å²) in [7, 11) is -6.15. The number of primary amides is 1. The molecule has 0 aliphatic rings. The second-order valence-electron chi connectivity index (χ2n) is 8.00. The SMILES string of the molecule is CCOC(=O)C(OC(C)(C)C)c1c(C)c(C(N)=O)c2ccccc2c1OS(=O)(=O)C(F)(F)F. The number of benzene rings is 2. The van der Waals surface area contributed by atoms with Crippen LogP contribution in [-0.2, 0) is 24.4 Å². The van der Waals surface area contributed by atoms with Crippen molar-refractivity contribution in [3.63, 3.8) is 0 Å². The van der Waals surface area contributed by atoms with Crippen LogP contribution in [0.3, 0.4) is 0 Å². The third-order valence-corrected chi connectivity index (χ3v) is 5.37. The third-order valence-electron chi connectivity index (χ3n) is 4.42. The van der Waals surface area contributed by atoms with E-state index in [4.69, 9.17) is 15.2 Å². The number of rotatable bonds is 7. The first kappa shape index (κ1) is 26.4. The van der Waals surface area contributed by atoms with Crippen LogP contribution in [0.4, 0.5) is 13.2 Å². The number of halogens is 3. The van der Waals surface area contributed by atoms with Gasteiger partial charge in [-0.2, -0.15) is 21.6 Å². The van der Waals surface area contributed by atoms with Crippen molar-refractivity contribution in [1.29, 1.82) is 0 Å². The van der Waals surface area contributed by atoms with E-state index >= 15 is 0 Å². The van der Waals surface area contributed by atoms with Crippen molar-refractivity contribution in [2.75, 3.05) is 6.61 Å². The monoisotopic (exact) mass is 491 g/mol. The van der Waals surface area contributed by atoms with E-state index in [0.29, 0.717) is 0 Å². The highest BCUT2D eigenvalue weighted by Crippen LogP contribution is 2.44. The molecule has 2 N–H and O–H groups in total. The van der Waals surface area contributed by atoms with Gasteiger partial charge in [0.1, 0.15) is 0 Å². The van der Waals surface area contributed by atoms with Crippen molar-refractivity contribution in [3.05, 3.63) is 41.0 Å². The lowest BCUT2D eigenvalue weighted by Gasteiger charge is -2.29. The van der Waals surface area contributed by atoms with Gasteiger partial charge in [-0.25, -0.2) is 4.79 Å². The molecule has 33 heavy (non-hydrogen) atoms. The molecule has 0 fully saturated rings. The second kappa shape index (κ2) is 9.18. The van der Waals surface area contributed by atoms with Gasteiger partial charge in [0.15, 0.2) is 11.9 Å². The lowest BCUT2D eigenvalue weighted by molar-refractivity contribution is -0.167. The predicted molar refractivity (Wildman–Crippen MR) is 113 cm³/mol. The Morgan fingerprint density at radius 3 is 2.09 bits per heavy atom. The van der Waals surface area contributed by atoms with Crippen molar-refractivity contribution in [2.45, 2.75) is 51.8 Å². The maximum atomic E-state index is 13.2. The summed E-state index contributed by atoms with van der Waals surface area (Å²) >= 11 is 0. The fraction of sp³-hybridized carbons (Fsp3) is 0.429. The average Bonchev–Trinajstić information content (AvgIpc) is 2.64. The molecule has 1 unspecified atom stereocenters. The third kappa shape index (κ3) is 5.56. The Kier molecular flexibility index (Phi) is 7.34. The summed E-state index contributed by atoms with van der Waals surface area (Å²) in [5, 5.41) is -0.150. The maximum absolute atomic E-state index is 13.2. The zero-order valence-electron chi connectivity index (χ0n) is 18.6. The van der Waals surface area contributed by atoms with E-state index in [1.807, 2.05) is 0 Å². The first-order valence-corrected chi connectivity index (χ1v) is 11.1. The minimum absolute atomic E-state index is 0.0389. The molecule has 0 aliphatic heterocycles. The Balaban J connectivity index is 3.05. The van der Waals surface area contributed by atoms with Gasteiger partial charge in [0.25, 0.3) is 0 Å². The molecule has 2 rings (SSSR count). The molecular formula is C21H24F3NO7S. The number of alkyl halides is 3. The molecular weight excluding hydrogens is 467 g/mol. The van der Waals surface area contributed by atoms with Gasteiger partial charge in [0.05, 0.1) is 17.8 Å². The fourth-order valence-corrected chi connectivity index (χ4v) is 3.72. The van der Waals surface area contributed by atoms with E-state index < -0.39 is 50.5 Å². The number of esters is 1. The van der Waals surface area contributed by atoms with Crippen molar-refractivity contribution in [2.24, 2.45) is 5.73 Å². The quantitative estimate of drug-likeness (QED) is 0.354. The summed E-state index contributed by atoms with van der Waals surface area (Å²) in [5.41, 5.74) is -1.91. The Hall–Kier alpha value is -2.86. The highest BCUT2D eigenvalue weighted by molar-refractivity contribution is 7.88. The molecule has 0 saturated carbocycles. The Morgan fingerprint density at radius 2 is 1.64 bits per heavy atom. The van der Waals surface area contributed by atoms with E-state index in [2.05, 4.69) is 4.18 Å². The van der Waals surface area contributed by atoms with Gasteiger partial charge in [-0.1, -0.05) is 24.3 Å². The van der Waals surface area contributed by atoms with Crippen molar-refractivity contribution >= 4 is 32.8 Å². The van der Waals surface area contributed by atoms with Gasteiger partial charge in [0, 0.05) is 10.9 Å². The first-order chi connectivity index (χ1) is 15.0. The molecule has 8 nitrogen and oxygen atoms in total. The zero-order valence-corrected chi connectivity index (χ0v) is 19.4. The second-order valence-corrected chi connectivity index (χ2v) is 9.54. The number of carbonyl (C=O) groups excluding carboxylic acids is 2. The maximum Gasteiger partial charge on any atom is 0.534 e. The van der Waals surface area contributed by atoms with Crippen molar-refractivity contribution < 1.29 is 44.8 Å². The number of fused-ring (bicyclic) bond motifs is 1. The molecule has 0 aliphatic carbocycles. The fourth-order valence-electron chi connectivity index (χ4n) is 3.23. The molecule has 182 valence electrons. The smallest absolute Gasteiger partial charge is 0.464 e. The Morgan fingerprint density at radius 1 is 1.09 bits per heavy atom.